The number of rotatable bonds is 3. The van der Waals surface area contributed by atoms with E-state index in [4.69, 9.17) is 0 Å². The summed E-state index contributed by atoms with van der Waals surface area (Å²) in [5.41, 5.74) is -1.14. The van der Waals surface area contributed by atoms with Crippen molar-refractivity contribution in [2.24, 2.45) is 5.92 Å². The van der Waals surface area contributed by atoms with Gasteiger partial charge < -0.3 is 10.2 Å². The number of aromatic nitrogens is 2. The monoisotopic (exact) mass is 386 g/mol. The summed E-state index contributed by atoms with van der Waals surface area (Å²) in [4.78, 5) is 21.0. The molecule has 1 aromatic heterocycles. The van der Waals surface area contributed by atoms with Gasteiger partial charge in [-0.25, -0.2) is 18.7 Å². The number of piperidine rings is 1. The molecule has 0 bridgehead atoms. The summed E-state index contributed by atoms with van der Waals surface area (Å²) in [7, 11) is 0. The molecule has 0 spiro atoms. The van der Waals surface area contributed by atoms with Gasteiger partial charge in [-0.1, -0.05) is 0 Å². The summed E-state index contributed by atoms with van der Waals surface area (Å²) in [6.45, 7) is 0.636. The summed E-state index contributed by atoms with van der Waals surface area (Å²) in [6, 6.07) is 3.71. The lowest BCUT2D eigenvalue weighted by atomic mass is 9.95. The van der Waals surface area contributed by atoms with E-state index in [0.29, 0.717) is 32.0 Å². The van der Waals surface area contributed by atoms with Gasteiger partial charge in [0, 0.05) is 31.1 Å². The first-order chi connectivity index (χ1) is 12.7. The molecule has 1 amide bonds. The standard InChI is InChI=1S/C17H15F5N4O/c18-11-1-2-13(12(19)7-11)25-16(27)10-3-5-26(6-4-10)15-8-14(17(20,21)22)23-9-24-15/h1-2,7-10H,3-6H2,(H,25,27). The average molecular weight is 386 g/mol. The maximum Gasteiger partial charge on any atom is 0.433 e. The molecule has 1 aromatic carbocycles. The van der Waals surface area contributed by atoms with Gasteiger partial charge in [0.2, 0.25) is 5.91 Å². The molecule has 0 radical (unpaired) electrons. The van der Waals surface area contributed by atoms with Crippen molar-refractivity contribution in [3.05, 3.63) is 47.9 Å². The van der Waals surface area contributed by atoms with E-state index < -0.39 is 35.3 Å². The second-order valence-electron chi connectivity index (χ2n) is 6.13. The van der Waals surface area contributed by atoms with Crippen LogP contribution in [0, 0.1) is 17.6 Å². The van der Waals surface area contributed by atoms with Gasteiger partial charge in [-0.3, -0.25) is 4.79 Å². The topological polar surface area (TPSA) is 58.1 Å². The lowest BCUT2D eigenvalue weighted by molar-refractivity contribution is -0.141. The molecule has 1 saturated heterocycles. The first kappa shape index (κ1) is 19.0. The molecule has 144 valence electrons. The summed E-state index contributed by atoms with van der Waals surface area (Å²) < 4.78 is 64.8. The maximum atomic E-state index is 13.6. The van der Waals surface area contributed by atoms with Gasteiger partial charge in [0.1, 0.15) is 29.5 Å². The number of nitrogens with zero attached hydrogens (tertiary/aromatic N) is 3. The van der Waals surface area contributed by atoms with Crippen LogP contribution in [0.1, 0.15) is 18.5 Å². The van der Waals surface area contributed by atoms with Gasteiger partial charge in [0.25, 0.3) is 0 Å². The van der Waals surface area contributed by atoms with Gasteiger partial charge in [-0.05, 0) is 25.0 Å². The van der Waals surface area contributed by atoms with E-state index >= 15 is 0 Å². The number of nitrogens with one attached hydrogen (secondary N) is 1. The second kappa shape index (κ2) is 7.45. The fraction of sp³-hybridized carbons (Fsp3) is 0.353. The molecule has 1 fully saturated rings. The minimum Gasteiger partial charge on any atom is -0.356 e. The van der Waals surface area contributed by atoms with Crippen LogP contribution in [-0.2, 0) is 11.0 Å². The van der Waals surface area contributed by atoms with Crippen molar-refractivity contribution >= 4 is 17.4 Å². The first-order valence-corrected chi connectivity index (χ1v) is 8.14. The van der Waals surface area contributed by atoms with E-state index in [9.17, 15) is 26.7 Å². The molecule has 27 heavy (non-hydrogen) atoms. The molecular weight excluding hydrogens is 371 g/mol. The largest absolute Gasteiger partial charge is 0.433 e. The molecule has 0 atom stereocenters. The molecule has 0 saturated carbocycles. The van der Waals surface area contributed by atoms with Crippen molar-refractivity contribution in [2.75, 3.05) is 23.3 Å². The number of alkyl halides is 3. The van der Waals surface area contributed by atoms with E-state index in [1.54, 1.807) is 4.90 Å². The normalized spacial score (nSPS) is 15.7. The highest BCUT2D eigenvalue weighted by Gasteiger charge is 2.34. The molecule has 1 aliphatic rings. The fourth-order valence-electron chi connectivity index (χ4n) is 2.87. The third kappa shape index (κ3) is 4.50. The van der Waals surface area contributed by atoms with Crippen LogP contribution in [0.2, 0.25) is 0 Å². The van der Waals surface area contributed by atoms with Crippen molar-refractivity contribution in [1.29, 1.82) is 0 Å². The molecule has 1 N–H and O–H groups in total. The molecule has 2 heterocycles. The van der Waals surface area contributed by atoms with Crippen molar-refractivity contribution in [2.45, 2.75) is 19.0 Å². The Hall–Kier alpha value is -2.78. The number of amides is 1. The van der Waals surface area contributed by atoms with Crippen LogP contribution in [-0.4, -0.2) is 29.0 Å². The van der Waals surface area contributed by atoms with Crippen LogP contribution in [0.4, 0.5) is 33.5 Å². The Balaban J connectivity index is 1.61. The van der Waals surface area contributed by atoms with Gasteiger partial charge >= 0.3 is 6.18 Å². The highest BCUT2D eigenvalue weighted by atomic mass is 19.4. The quantitative estimate of drug-likeness (QED) is 0.819. The second-order valence-corrected chi connectivity index (χ2v) is 6.13. The van der Waals surface area contributed by atoms with Gasteiger partial charge in [-0.15, -0.1) is 0 Å². The molecule has 3 rings (SSSR count). The molecule has 1 aliphatic heterocycles. The minimum absolute atomic E-state index is 0.116. The van der Waals surface area contributed by atoms with Crippen molar-refractivity contribution in [3.63, 3.8) is 0 Å². The Morgan fingerprint density at radius 3 is 2.44 bits per heavy atom. The van der Waals surface area contributed by atoms with E-state index in [2.05, 4.69) is 15.3 Å². The SMILES string of the molecule is O=C(Nc1ccc(F)cc1F)C1CCN(c2cc(C(F)(F)F)ncn2)CC1. The Morgan fingerprint density at radius 2 is 1.81 bits per heavy atom. The minimum atomic E-state index is -4.56. The summed E-state index contributed by atoms with van der Waals surface area (Å²) >= 11 is 0. The predicted octanol–water partition coefficient (Wildman–Crippen LogP) is 3.63. The number of carbonyl (C=O) groups excluding carboxylic acids is 1. The summed E-state index contributed by atoms with van der Waals surface area (Å²) in [5.74, 6) is -2.34. The molecule has 0 unspecified atom stereocenters. The fourth-order valence-corrected chi connectivity index (χ4v) is 2.87. The van der Waals surface area contributed by atoms with E-state index in [1.165, 1.54) is 0 Å². The maximum absolute atomic E-state index is 13.6. The number of anilines is 2. The van der Waals surface area contributed by atoms with Crippen LogP contribution in [0.3, 0.4) is 0 Å². The van der Waals surface area contributed by atoms with Crippen molar-refractivity contribution in [1.82, 2.24) is 9.97 Å². The zero-order valence-corrected chi connectivity index (χ0v) is 13.9. The third-order valence-electron chi connectivity index (χ3n) is 4.32. The van der Waals surface area contributed by atoms with Crippen molar-refractivity contribution < 1.29 is 26.7 Å². The smallest absolute Gasteiger partial charge is 0.356 e. The Morgan fingerprint density at radius 1 is 1.11 bits per heavy atom. The number of hydrogen-bond donors (Lipinski definition) is 1. The highest BCUT2D eigenvalue weighted by molar-refractivity contribution is 5.92. The Kier molecular flexibility index (Phi) is 5.24. The lowest BCUT2D eigenvalue weighted by Gasteiger charge is -2.32. The molecule has 0 aliphatic carbocycles. The molecule has 5 nitrogen and oxygen atoms in total. The first-order valence-electron chi connectivity index (χ1n) is 8.14. The number of benzene rings is 1. The van der Waals surface area contributed by atoms with Gasteiger partial charge in [-0.2, -0.15) is 13.2 Å². The highest BCUT2D eigenvalue weighted by Crippen LogP contribution is 2.30. The number of halogens is 5. The summed E-state index contributed by atoms with van der Waals surface area (Å²) in [5, 5.41) is 2.42. The van der Waals surface area contributed by atoms with Crippen LogP contribution < -0.4 is 10.2 Å². The van der Waals surface area contributed by atoms with Crippen LogP contribution >= 0.6 is 0 Å². The van der Waals surface area contributed by atoms with Gasteiger partial charge in [0.15, 0.2) is 0 Å². The zero-order valence-electron chi connectivity index (χ0n) is 13.9. The Labute approximate surface area is 151 Å². The van der Waals surface area contributed by atoms with E-state index in [-0.39, 0.29) is 11.5 Å². The summed E-state index contributed by atoms with van der Waals surface area (Å²) in [6.07, 6.45) is -2.98. The predicted molar refractivity (Wildman–Crippen MR) is 87.0 cm³/mol. The van der Waals surface area contributed by atoms with Crippen LogP contribution in [0.25, 0.3) is 0 Å². The third-order valence-corrected chi connectivity index (χ3v) is 4.32. The lowest BCUT2D eigenvalue weighted by Crippen LogP contribution is -2.38. The zero-order chi connectivity index (χ0) is 19.6. The molecule has 2 aromatic rings. The molecule has 10 heteroatoms. The van der Waals surface area contributed by atoms with Crippen LogP contribution in [0.15, 0.2) is 30.6 Å². The van der Waals surface area contributed by atoms with Crippen LogP contribution in [0.5, 0.6) is 0 Å². The average Bonchev–Trinajstić information content (AvgIpc) is 2.63. The van der Waals surface area contributed by atoms with Crippen molar-refractivity contribution in [3.8, 4) is 0 Å². The molecular formula is C17H15F5N4O. The van der Waals surface area contributed by atoms with E-state index in [0.717, 1.165) is 24.5 Å². The number of carbonyl (C=O) groups is 1. The number of hydrogen-bond acceptors (Lipinski definition) is 4. The Bertz CT molecular complexity index is 834. The van der Waals surface area contributed by atoms with Gasteiger partial charge in [0.05, 0.1) is 5.69 Å². The van der Waals surface area contributed by atoms with E-state index in [1.807, 2.05) is 0 Å².